The SMILES string of the molecule is CCOc1cc(/C=C2\C(=O)ON=C2c2ccccc2)cc(I)c1OCc1ccccc1. The molecular weight excluding hydrogens is 505 g/mol. The summed E-state index contributed by atoms with van der Waals surface area (Å²) in [5, 5.41) is 3.97. The molecular formula is C25H20INO4. The van der Waals surface area contributed by atoms with Crippen LogP contribution in [-0.2, 0) is 16.2 Å². The van der Waals surface area contributed by atoms with E-state index in [0.29, 0.717) is 36.0 Å². The Morgan fingerprint density at radius 2 is 1.71 bits per heavy atom. The quantitative estimate of drug-likeness (QED) is 0.229. The van der Waals surface area contributed by atoms with Gasteiger partial charge in [0, 0.05) is 5.56 Å². The molecule has 0 radical (unpaired) electrons. The molecule has 0 saturated heterocycles. The molecule has 0 fully saturated rings. The standard InChI is InChI=1S/C25H20INO4/c1-2-29-22-15-18(14-21(26)24(22)30-16-17-9-5-3-6-10-17)13-20-23(27-31-25(20)28)19-11-7-4-8-12-19/h3-15H,2,16H2,1H3/b20-13-. The van der Waals surface area contributed by atoms with Crippen LogP contribution < -0.4 is 9.47 Å². The number of hydrogen-bond acceptors (Lipinski definition) is 5. The molecule has 0 aromatic heterocycles. The first-order chi connectivity index (χ1) is 15.2. The molecule has 0 atom stereocenters. The molecule has 0 bridgehead atoms. The van der Waals surface area contributed by atoms with Crippen molar-refractivity contribution in [1.29, 1.82) is 0 Å². The average molecular weight is 525 g/mol. The van der Waals surface area contributed by atoms with E-state index in [9.17, 15) is 4.79 Å². The smallest absolute Gasteiger partial charge is 0.368 e. The van der Waals surface area contributed by atoms with Crippen molar-refractivity contribution in [1.82, 2.24) is 0 Å². The van der Waals surface area contributed by atoms with Gasteiger partial charge in [-0.1, -0.05) is 65.8 Å². The summed E-state index contributed by atoms with van der Waals surface area (Å²) in [6.45, 7) is 2.86. The minimum absolute atomic E-state index is 0.405. The van der Waals surface area contributed by atoms with Crippen molar-refractivity contribution in [3.63, 3.8) is 0 Å². The van der Waals surface area contributed by atoms with E-state index < -0.39 is 5.97 Å². The van der Waals surface area contributed by atoms with Crippen LogP contribution in [0.5, 0.6) is 11.5 Å². The minimum Gasteiger partial charge on any atom is -0.490 e. The molecule has 1 heterocycles. The van der Waals surface area contributed by atoms with E-state index >= 15 is 0 Å². The lowest BCUT2D eigenvalue weighted by Crippen LogP contribution is -2.07. The fourth-order valence-corrected chi connectivity index (χ4v) is 3.97. The molecule has 156 valence electrons. The molecule has 1 aliphatic heterocycles. The van der Waals surface area contributed by atoms with Crippen molar-refractivity contribution >= 4 is 40.3 Å². The predicted octanol–water partition coefficient (Wildman–Crippen LogP) is 5.61. The van der Waals surface area contributed by atoms with Crippen LogP contribution in [0.3, 0.4) is 0 Å². The van der Waals surface area contributed by atoms with Crippen LogP contribution >= 0.6 is 22.6 Å². The van der Waals surface area contributed by atoms with Crippen molar-refractivity contribution in [2.24, 2.45) is 5.16 Å². The number of hydrogen-bond donors (Lipinski definition) is 0. The van der Waals surface area contributed by atoms with Gasteiger partial charge >= 0.3 is 5.97 Å². The molecule has 0 amide bonds. The highest BCUT2D eigenvalue weighted by Crippen LogP contribution is 2.36. The molecule has 1 aliphatic rings. The Hall–Kier alpha value is -3.13. The highest BCUT2D eigenvalue weighted by atomic mass is 127. The van der Waals surface area contributed by atoms with Gasteiger partial charge in [-0.25, -0.2) is 4.79 Å². The van der Waals surface area contributed by atoms with Gasteiger partial charge in [-0.05, 0) is 58.9 Å². The third-order valence-corrected chi connectivity index (χ3v) is 5.41. The molecule has 6 heteroatoms. The second-order valence-corrected chi connectivity index (χ2v) is 7.94. The van der Waals surface area contributed by atoms with Gasteiger partial charge in [0.15, 0.2) is 11.5 Å². The zero-order valence-electron chi connectivity index (χ0n) is 16.9. The third-order valence-electron chi connectivity index (χ3n) is 4.61. The summed E-state index contributed by atoms with van der Waals surface area (Å²) in [7, 11) is 0. The van der Waals surface area contributed by atoms with Crippen molar-refractivity contribution < 1.29 is 19.1 Å². The minimum atomic E-state index is -0.476. The molecule has 3 aromatic carbocycles. The zero-order chi connectivity index (χ0) is 21.6. The molecule has 0 spiro atoms. The molecule has 4 rings (SSSR count). The maximum absolute atomic E-state index is 12.3. The zero-order valence-corrected chi connectivity index (χ0v) is 19.0. The third kappa shape index (κ3) is 4.96. The Morgan fingerprint density at radius 3 is 2.42 bits per heavy atom. The molecule has 0 saturated carbocycles. The van der Waals surface area contributed by atoms with Crippen LogP contribution in [0.15, 0.2) is 83.5 Å². The van der Waals surface area contributed by atoms with Crippen molar-refractivity contribution in [3.05, 3.63) is 98.6 Å². The van der Waals surface area contributed by atoms with Gasteiger partial charge in [0.2, 0.25) is 0 Å². The number of nitrogens with zero attached hydrogens (tertiary/aromatic N) is 1. The predicted molar refractivity (Wildman–Crippen MR) is 128 cm³/mol. The normalized spacial score (nSPS) is 14.3. The summed E-state index contributed by atoms with van der Waals surface area (Å²) in [6.07, 6.45) is 1.77. The lowest BCUT2D eigenvalue weighted by atomic mass is 10.0. The first-order valence-corrected chi connectivity index (χ1v) is 10.9. The van der Waals surface area contributed by atoms with Crippen LogP contribution in [0.2, 0.25) is 0 Å². The first kappa shape index (κ1) is 21.1. The maximum Gasteiger partial charge on any atom is 0.368 e. The summed E-state index contributed by atoms with van der Waals surface area (Å²) in [5.41, 5.74) is 3.62. The van der Waals surface area contributed by atoms with E-state index in [0.717, 1.165) is 20.3 Å². The Labute approximate surface area is 194 Å². The summed E-state index contributed by atoms with van der Waals surface area (Å²) in [6, 6.07) is 23.3. The number of oxime groups is 1. The molecule has 5 nitrogen and oxygen atoms in total. The van der Waals surface area contributed by atoms with Crippen LogP contribution in [0.25, 0.3) is 6.08 Å². The Morgan fingerprint density at radius 1 is 1.00 bits per heavy atom. The Balaban J connectivity index is 1.65. The number of rotatable bonds is 7. The van der Waals surface area contributed by atoms with Crippen molar-refractivity contribution in [3.8, 4) is 11.5 Å². The summed E-state index contributed by atoms with van der Waals surface area (Å²) in [4.78, 5) is 17.3. The average Bonchev–Trinajstić information content (AvgIpc) is 3.15. The second kappa shape index (κ2) is 9.78. The highest BCUT2D eigenvalue weighted by Gasteiger charge is 2.27. The molecule has 31 heavy (non-hydrogen) atoms. The highest BCUT2D eigenvalue weighted by molar-refractivity contribution is 14.1. The molecule has 0 unspecified atom stereocenters. The van der Waals surface area contributed by atoms with E-state index in [-0.39, 0.29) is 0 Å². The largest absolute Gasteiger partial charge is 0.490 e. The number of carbonyl (C=O) groups is 1. The fourth-order valence-electron chi connectivity index (χ4n) is 3.18. The van der Waals surface area contributed by atoms with E-state index in [1.165, 1.54) is 0 Å². The monoisotopic (exact) mass is 525 g/mol. The van der Waals surface area contributed by atoms with Gasteiger partial charge in [0.25, 0.3) is 0 Å². The lowest BCUT2D eigenvalue weighted by molar-refractivity contribution is -0.136. The van der Waals surface area contributed by atoms with Gasteiger partial charge in [-0.3, -0.25) is 0 Å². The van der Waals surface area contributed by atoms with Crippen molar-refractivity contribution in [2.45, 2.75) is 13.5 Å². The van der Waals surface area contributed by atoms with E-state index in [1.54, 1.807) is 6.08 Å². The molecule has 0 aliphatic carbocycles. The van der Waals surface area contributed by atoms with E-state index in [1.807, 2.05) is 79.7 Å². The fraction of sp³-hybridized carbons (Fsp3) is 0.120. The van der Waals surface area contributed by atoms with E-state index in [2.05, 4.69) is 27.7 Å². The van der Waals surface area contributed by atoms with Gasteiger partial charge < -0.3 is 14.3 Å². The summed E-state index contributed by atoms with van der Waals surface area (Å²) < 4.78 is 12.8. The van der Waals surface area contributed by atoms with Crippen LogP contribution in [-0.4, -0.2) is 18.3 Å². The van der Waals surface area contributed by atoms with Crippen molar-refractivity contribution in [2.75, 3.05) is 6.61 Å². The lowest BCUT2D eigenvalue weighted by Gasteiger charge is -2.15. The second-order valence-electron chi connectivity index (χ2n) is 6.78. The van der Waals surface area contributed by atoms with Crippen LogP contribution in [0, 0.1) is 3.57 Å². The number of ether oxygens (including phenoxy) is 2. The Bertz CT molecular complexity index is 1140. The van der Waals surface area contributed by atoms with Gasteiger partial charge in [-0.2, -0.15) is 0 Å². The van der Waals surface area contributed by atoms with Gasteiger partial charge in [0.1, 0.15) is 12.3 Å². The Kier molecular flexibility index (Phi) is 6.66. The van der Waals surface area contributed by atoms with Gasteiger partial charge in [0.05, 0.1) is 15.8 Å². The van der Waals surface area contributed by atoms with E-state index in [4.69, 9.17) is 14.3 Å². The number of benzene rings is 3. The molecule has 0 N–H and O–H groups in total. The summed E-state index contributed by atoms with van der Waals surface area (Å²) in [5.74, 6) is 0.831. The summed E-state index contributed by atoms with van der Waals surface area (Å²) >= 11 is 2.22. The number of carbonyl (C=O) groups excluding carboxylic acids is 1. The first-order valence-electron chi connectivity index (χ1n) is 9.85. The van der Waals surface area contributed by atoms with Crippen LogP contribution in [0.1, 0.15) is 23.6 Å². The van der Waals surface area contributed by atoms with Crippen LogP contribution in [0.4, 0.5) is 0 Å². The topological polar surface area (TPSA) is 57.1 Å². The van der Waals surface area contributed by atoms with Gasteiger partial charge in [-0.15, -0.1) is 0 Å². The number of halogens is 1. The molecule has 3 aromatic rings. The maximum atomic E-state index is 12.3.